The predicted octanol–water partition coefficient (Wildman–Crippen LogP) is 5.70. The van der Waals surface area contributed by atoms with E-state index in [9.17, 15) is 17.6 Å². The fourth-order valence-electron chi connectivity index (χ4n) is 2.15. The molecule has 0 atom stereocenters. The number of halogens is 5. The van der Waals surface area contributed by atoms with E-state index in [1.54, 1.807) is 6.07 Å². The Kier molecular flexibility index (Phi) is 4.59. The maximum Gasteiger partial charge on any atom is 0.416 e. The van der Waals surface area contributed by atoms with Crippen molar-refractivity contribution in [2.45, 2.75) is 6.18 Å². The van der Waals surface area contributed by atoms with Crippen LogP contribution in [0.4, 0.5) is 29.1 Å². The van der Waals surface area contributed by atoms with Crippen LogP contribution in [0.3, 0.4) is 0 Å². The Labute approximate surface area is 145 Å². The molecule has 0 spiro atoms. The van der Waals surface area contributed by atoms with Crippen molar-refractivity contribution in [1.82, 2.24) is 9.97 Å². The van der Waals surface area contributed by atoms with Crippen LogP contribution in [0, 0.1) is 5.82 Å². The van der Waals surface area contributed by atoms with E-state index in [0.29, 0.717) is 0 Å². The molecule has 0 saturated heterocycles. The number of anilines is 2. The Bertz CT molecular complexity index is 912. The second-order valence-electron chi connectivity index (χ2n) is 5.08. The van der Waals surface area contributed by atoms with Gasteiger partial charge in [0, 0.05) is 11.6 Å². The number of nitrogens with zero attached hydrogens (tertiary/aromatic N) is 2. The van der Waals surface area contributed by atoms with Crippen LogP contribution < -0.4 is 5.32 Å². The minimum Gasteiger partial charge on any atom is -0.338 e. The lowest BCUT2D eigenvalue weighted by Crippen LogP contribution is -2.05. The molecule has 1 N–H and O–H groups in total. The second-order valence-corrected chi connectivity index (χ2v) is 5.47. The Morgan fingerprint density at radius 1 is 0.920 bits per heavy atom. The van der Waals surface area contributed by atoms with Crippen LogP contribution in [-0.4, -0.2) is 9.97 Å². The SMILES string of the molecule is Fc1ccccc1Nc1cc(Cl)nc(-c2cccc(C(F)(F)F)c2)n1. The van der Waals surface area contributed by atoms with Crippen molar-refractivity contribution in [3.63, 3.8) is 0 Å². The van der Waals surface area contributed by atoms with Crippen LogP contribution in [0.5, 0.6) is 0 Å². The smallest absolute Gasteiger partial charge is 0.338 e. The zero-order valence-corrected chi connectivity index (χ0v) is 13.2. The molecule has 8 heteroatoms. The maximum absolute atomic E-state index is 13.7. The summed E-state index contributed by atoms with van der Waals surface area (Å²) < 4.78 is 52.3. The van der Waals surface area contributed by atoms with E-state index in [1.807, 2.05) is 0 Å². The van der Waals surface area contributed by atoms with Crippen molar-refractivity contribution in [2.75, 3.05) is 5.32 Å². The highest BCUT2D eigenvalue weighted by atomic mass is 35.5. The Balaban J connectivity index is 1.99. The monoisotopic (exact) mass is 367 g/mol. The van der Waals surface area contributed by atoms with Crippen LogP contribution in [0.1, 0.15) is 5.56 Å². The van der Waals surface area contributed by atoms with Crippen LogP contribution in [0.2, 0.25) is 5.15 Å². The molecule has 0 saturated carbocycles. The molecule has 0 unspecified atom stereocenters. The fraction of sp³-hybridized carbons (Fsp3) is 0.0588. The van der Waals surface area contributed by atoms with Gasteiger partial charge in [-0.05, 0) is 24.3 Å². The molecule has 2 aromatic carbocycles. The number of aromatic nitrogens is 2. The summed E-state index contributed by atoms with van der Waals surface area (Å²) in [6.07, 6.45) is -4.48. The molecule has 3 aromatic rings. The van der Waals surface area contributed by atoms with Gasteiger partial charge in [-0.3, -0.25) is 0 Å². The van der Waals surface area contributed by atoms with E-state index in [2.05, 4.69) is 15.3 Å². The number of rotatable bonds is 3. The Hall–Kier alpha value is -2.67. The maximum atomic E-state index is 13.7. The van der Waals surface area contributed by atoms with Crippen molar-refractivity contribution in [3.05, 3.63) is 71.1 Å². The quantitative estimate of drug-likeness (QED) is 0.476. The predicted molar refractivity (Wildman–Crippen MR) is 87.2 cm³/mol. The lowest BCUT2D eigenvalue weighted by Gasteiger charge is -2.10. The molecule has 0 bridgehead atoms. The summed E-state index contributed by atoms with van der Waals surface area (Å²) in [5, 5.41) is 2.75. The van der Waals surface area contributed by atoms with E-state index in [-0.39, 0.29) is 28.0 Å². The summed E-state index contributed by atoms with van der Waals surface area (Å²) in [5.41, 5.74) is -0.515. The topological polar surface area (TPSA) is 37.8 Å². The minimum atomic E-state index is -4.48. The molecule has 0 amide bonds. The van der Waals surface area contributed by atoms with E-state index in [0.717, 1.165) is 12.1 Å². The Morgan fingerprint density at radius 2 is 1.68 bits per heavy atom. The molecule has 0 aliphatic rings. The van der Waals surface area contributed by atoms with E-state index >= 15 is 0 Å². The normalized spacial score (nSPS) is 11.4. The summed E-state index contributed by atoms with van der Waals surface area (Å²) in [5.74, 6) is -0.340. The first-order chi connectivity index (χ1) is 11.8. The molecular formula is C17H10ClF4N3. The minimum absolute atomic E-state index is 0.00237. The number of hydrogen-bond acceptors (Lipinski definition) is 3. The van der Waals surface area contributed by atoms with Crippen LogP contribution in [0.15, 0.2) is 54.6 Å². The zero-order valence-electron chi connectivity index (χ0n) is 12.5. The van der Waals surface area contributed by atoms with Crippen LogP contribution in [0.25, 0.3) is 11.4 Å². The molecule has 0 fully saturated rings. The molecule has 0 aliphatic heterocycles. The van der Waals surface area contributed by atoms with Crippen LogP contribution in [-0.2, 0) is 6.18 Å². The van der Waals surface area contributed by atoms with Gasteiger partial charge in [0.15, 0.2) is 5.82 Å². The van der Waals surface area contributed by atoms with Crippen molar-refractivity contribution in [3.8, 4) is 11.4 Å². The second kappa shape index (κ2) is 6.68. The van der Waals surface area contributed by atoms with Gasteiger partial charge < -0.3 is 5.32 Å². The summed E-state index contributed by atoms with van der Waals surface area (Å²) in [4.78, 5) is 8.07. The van der Waals surface area contributed by atoms with Gasteiger partial charge >= 0.3 is 6.18 Å². The largest absolute Gasteiger partial charge is 0.416 e. The zero-order chi connectivity index (χ0) is 18.0. The van der Waals surface area contributed by atoms with Crippen molar-refractivity contribution >= 4 is 23.1 Å². The van der Waals surface area contributed by atoms with E-state index < -0.39 is 17.6 Å². The van der Waals surface area contributed by atoms with Gasteiger partial charge in [0.1, 0.15) is 16.8 Å². The van der Waals surface area contributed by atoms with Gasteiger partial charge in [0.05, 0.1) is 11.3 Å². The van der Waals surface area contributed by atoms with Gasteiger partial charge in [-0.15, -0.1) is 0 Å². The average molecular weight is 368 g/mol. The van der Waals surface area contributed by atoms with Gasteiger partial charge in [0.2, 0.25) is 0 Å². The number of benzene rings is 2. The molecule has 1 aromatic heterocycles. The first kappa shape index (κ1) is 17.2. The molecular weight excluding hydrogens is 358 g/mol. The molecule has 3 nitrogen and oxygen atoms in total. The lowest BCUT2D eigenvalue weighted by molar-refractivity contribution is -0.137. The van der Waals surface area contributed by atoms with Gasteiger partial charge in [0.25, 0.3) is 0 Å². The highest BCUT2D eigenvalue weighted by molar-refractivity contribution is 6.29. The molecule has 1 heterocycles. The van der Waals surface area contributed by atoms with Crippen molar-refractivity contribution in [2.24, 2.45) is 0 Å². The third kappa shape index (κ3) is 4.06. The fourth-order valence-corrected chi connectivity index (χ4v) is 2.33. The third-order valence-electron chi connectivity index (χ3n) is 3.28. The van der Waals surface area contributed by atoms with Gasteiger partial charge in [-0.1, -0.05) is 35.9 Å². The summed E-state index contributed by atoms with van der Waals surface area (Å²) in [6.45, 7) is 0. The third-order valence-corrected chi connectivity index (χ3v) is 3.47. The molecule has 128 valence electrons. The van der Waals surface area contributed by atoms with Gasteiger partial charge in [-0.2, -0.15) is 13.2 Å². The molecule has 3 rings (SSSR count). The van der Waals surface area contributed by atoms with Crippen molar-refractivity contribution in [1.29, 1.82) is 0 Å². The Morgan fingerprint density at radius 3 is 2.40 bits per heavy atom. The molecule has 0 radical (unpaired) electrons. The molecule has 0 aliphatic carbocycles. The van der Waals surface area contributed by atoms with Crippen molar-refractivity contribution < 1.29 is 17.6 Å². The number of alkyl halides is 3. The first-order valence-corrected chi connectivity index (χ1v) is 7.44. The molecule has 25 heavy (non-hydrogen) atoms. The number of para-hydroxylation sites is 1. The number of nitrogens with one attached hydrogen (secondary N) is 1. The van der Waals surface area contributed by atoms with Gasteiger partial charge in [-0.25, -0.2) is 14.4 Å². The number of hydrogen-bond donors (Lipinski definition) is 1. The van der Waals surface area contributed by atoms with E-state index in [1.165, 1.54) is 36.4 Å². The highest BCUT2D eigenvalue weighted by Gasteiger charge is 2.30. The highest BCUT2D eigenvalue weighted by Crippen LogP contribution is 2.32. The lowest BCUT2D eigenvalue weighted by atomic mass is 10.1. The van der Waals surface area contributed by atoms with Crippen LogP contribution >= 0.6 is 11.6 Å². The summed E-state index contributed by atoms with van der Waals surface area (Å²) >= 11 is 5.93. The van der Waals surface area contributed by atoms with E-state index in [4.69, 9.17) is 11.6 Å². The standard InChI is InChI=1S/C17H10ClF4N3/c18-14-9-15(23-13-7-2-1-6-12(13)19)25-16(24-14)10-4-3-5-11(8-10)17(20,21)22/h1-9H,(H,23,24,25). The summed E-state index contributed by atoms with van der Waals surface area (Å²) in [6, 6.07) is 11.8. The average Bonchev–Trinajstić information content (AvgIpc) is 2.56. The summed E-state index contributed by atoms with van der Waals surface area (Å²) in [7, 11) is 0. The first-order valence-electron chi connectivity index (χ1n) is 7.07.